The van der Waals surface area contributed by atoms with Crippen LogP contribution in [0.5, 0.6) is 0 Å². The quantitative estimate of drug-likeness (QED) is 0.851. The number of aryl methyl sites for hydroxylation is 1. The van der Waals surface area contributed by atoms with Crippen molar-refractivity contribution >= 4 is 10.0 Å². The lowest BCUT2D eigenvalue weighted by atomic mass is 10.2. The first kappa shape index (κ1) is 13.1. The van der Waals surface area contributed by atoms with Crippen LogP contribution in [0.15, 0.2) is 23.1 Å². The van der Waals surface area contributed by atoms with Crippen molar-refractivity contribution in [1.82, 2.24) is 4.31 Å². The molecule has 1 aromatic rings. The zero-order valence-electron chi connectivity index (χ0n) is 9.27. The van der Waals surface area contributed by atoms with Gasteiger partial charge in [-0.15, -0.1) is 0 Å². The number of hydrogen-bond donors (Lipinski definition) is 1. The number of nitrogens with two attached hydrogens (primary N) is 1. The van der Waals surface area contributed by atoms with Gasteiger partial charge in [-0.05, 0) is 30.7 Å². The van der Waals surface area contributed by atoms with Crippen molar-refractivity contribution in [3.8, 4) is 0 Å². The van der Waals surface area contributed by atoms with Crippen LogP contribution in [0.25, 0.3) is 0 Å². The highest BCUT2D eigenvalue weighted by Gasteiger charge is 2.20. The van der Waals surface area contributed by atoms with Crippen LogP contribution in [-0.4, -0.2) is 32.9 Å². The number of sulfonamides is 1. The second-order valence-corrected chi connectivity index (χ2v) is 5.57. The summed E-state index contributed by atoms with van der Waals surface area (Å²) in [4.78, 5) is 0.0855. The molecule has 0 unspecified atom stereocenters. The Morgan fingerprint density at radius 1 is 1.44 bits per heavy atom. The fourth-order valence-corrected chi connectivity index (χ4v) is 2.53. The second kappa shape index (κ2) is 4.90. The highest BCUT2D eigenvalue weighted by Crippen LogP contribution is 2.17. The van der Waals surface area contributed by atoms with Gasteiger partial charge < -0.3 is 5.73 Å². The largest absolute Gasteiger partial charge is 0.329 e. The minimum Gasteiger partial charge on any atom is -0.329 e. The van der Waals surface area contributed by atoms with Gasteiger partial charge in [0.2, 0.25) is 10.0 Å². The van der Waals surface area contributed by atoms with E-state index in [9.17, 15) is 12.8 Å². The Bertz CT molecular complexity index is 474. The molecule has 1 aromatic carbocycles. The van der Waals surface area contributed by atoms with Gasteiger partial charge in [0.25, 0.3) is 0 Å². The van der Waals surface area contributed by atoms with Crippen molar-refractivity contribution in [2.75, 3.05) is 20.1 Å². The van der Waals surface area contributed by atoms with Gasteiger partial charge in [0.15, 0.2) is 0 Å². The molecule has 16 heavy (non-hydrogen) atoms. The molecule has 0 atom stereocenters. The fraction of sp³-hybridized carbons (Fsp3) is 0.400. The van der Waals surface area contributed by atoms with Crippen LogP contribution in [0.4, 0.5) is 4.39 Å². The third kappa shape index (κ3) is 2.58. The number of benzene rings is 1. The molecule has 4 nitrogen and oxygen atoms in total. The van der Waals surface area contributed by atoms with Crippen molar-refractivity contribution in [1.29, 1.82) is 0 Å². The van der Waals surface area contributed by atoms with Gasteiger partial charge in [-0.1, -0.05) is 0 Å². The van der Waals surface area contributed by atoms with E-state index in [0.717, 1.165) is 10.4 Å². The van der Waals surface area contributed by atoms with Gasteiger partial charge in [0.05, 0.1) is 4.90 Å². The van der Waals surface area contributed by atoms with E-state index < -0.39 is 15.8 Å². The van der Waals surface area contributed by atoms with Crippen LogP contribution in [0, 0.1) is 12.7 Å². The van der Waals surface area contributed by atoms with E-state index in [1.165, 1.54) is 26.1 Å². The van der Waals surface area contributed by atoms with Crippen LogP contribution in [0.3, 0.4) is 0 Å². The predicted molar refractivity (Wildman–Crippen MR) is 60.0 cm³/mol. The Balaban J connectivity index is 3.12. The van der Waals surface area contributed by atoms with Crippen LogP contribution in [0.2, 0.25) is 0 Å². The molecule has 0 saturated carbocycles. The average molecular weight is 246 g/mol. The van der Waals surface area contributed by atoms with E-state index in [2.05, 4.69) is 0 Å². The smallest absolute Gasteiger partial charge is 0.242 e. The van der Waals surface area contributed by atoms with Crippen molar-refractivity contribution in [3.05, 3.63) is 29.6 Å². The van der Waals surface area contributed by atoms with Gasteiger partial charge in [0, 0.05) is 20.1 Å². The molecule has 0 fully saturated rings. The Hall–Kier alpha value is -0.980. The molecule has 0 bridgehead atoms. The van der Waals surface area contributed by atoms with Gasteiger partial charge in [-0.25, -0.2) is 12.8 Å². The second-order valence-electron chi connectivity index (χ2n) is 3.53. The number of rotatable bonds is 4. The minimum absolute atomic E-state index is 0.0855. The standard InChI is InChI=1S/C10H15FN2O2S/c1-8-7-9(3-4-10(8)11)16(14,15)13(2)6-5-12/h3-4,7H,5-6,12H2,1-2H3. The molecule has 90 valence electrons. The third-order valence-electron chi connectivity index (χ3n) is 2.28. The number of nitrogens with zero attached hydrogens (tertiary/aromatic N) is 1. The highest BCUT2D eigenvalue weighted by molar-refractivity contribution is 7.89. The third-order valence-corrected chi connectivity index (χ3v) is 4.13. The van der Waals surface area contributed by atoms with Crippen molar-refractivity contribution in [3.63, 3.8) is 0 Å². The zero-order chi connectivity index (χ0) is 12.3. The van der Waals surface area contributed by atoms with Crippen molar-refractivity contribution < 1.29 is 12.8 Å². The van der Waals surface area contributed by atoms with Gasteiger partial charge in [0.1, 0.15) is 5.82 Å². The highest BCUT2D eigenvalue weighted by atomic mass is 32.2. The molecule has 6 heteroatoms. The van der Waals surface area contributed by atoms with Gasteiger partial charge >= 0.3 is 0 Å². The molecule has 0 amide bonds. The zero-order valence-corrected chi connectivity index (χ0v) is 10.1. The number of likely N-dealkylation sites (N-methyl/N-ethyl adjacent to an activating group) is 1. The van der Waals surface area contributed by atoms with E-state index in [0.29, 0.717) is 5.56 Å². The first-order chi connectivity index (χ1) is 7.39. The van der Waals surface area contributed by atoms with Crippen molar-refractivity contribution in [2.45, 2.75) is 11.8 Å². The van der Waals surface area contributed by atoms with E-state index in [1.807, 2.05) is 0 Å². The molecule has 0 radical (unpaired) electrons. The maximum absolute atomic E-state index is 13.0. The van der Waals surface area contributed by atoms with E-state index >= 15 is 0 Å². The molecule has 0 saturated heterocycles. The summed E-state index contributed by atoms with van der Waals surface area (Å²) in [6, 6.07) is 3.72. The summed E-state index contributed by atoms with van der Waals surface area (Å²) in [5.41, 5.74) is 5.60. The summed E-state index contributed by atoms with van der Waals surface area (Å²) in [7, 11) is -2.11. The van der Waals surface area contributed by atoms with E-state index in [-0.39, 0.29) is 18.0 Å². The fourth-order valence-electron chi connectivity index (χ4n) is 1.26. The molecule has 0 aliphatic heterocycles. The monoisotopic (exact) mass is 246 g/mol. The summed E-state index contributed by atoms with van der Waals surface area (Å²) in [5, 5.41) is 0. The molecular weight excluding hydrogens is 231 g/mol. The summed E-state index contributed by atoms with van der Waals surface area (Å²) in [5.74, 6) is -0.416. The summed E-state index contributed by atoms with van der Waals surface area (Å²) >= 11 is 0. The lowest BCUT2D eigenvalue weighted by molar-refractivity contribution is 0.476. The Labute approximate surface area is 94.9 Å². The van der Waals surface area contributed by atoms with E-state index in [1.54, 1.807) is 0 Å². The Morgan fingerprint density at radius 2 is 2.06 bits per heavy atom. The topological polar surface area (TPSA) is 63.4 Å². The van der Waals surface area contributed by atoms with Crippen LogP contribution < -0.4 is 5.73 Å². The molecule has 0 spiro atoms. The normalized spacial score (nSPS) is 12.1. The number of hydrogen-bond acceptors (Lipinski definition) is 3. The van der Waals surface area contributed by atoms with Crippen LogP contribution >= 0.6 is 0 Å². The molecule has 2 N–H and O–H groups in total. The molecular formula is C10H15FN2O2S. The SMILES string of the molecule is Cc1cc(S(=O)(=O)N(C)CCN)ccc1F. The van der Waals surface area contributed by atoms with Crippen LogP contribution in [-0.2, 0) is 10.0 Å². The molecule has 0 heterocycles. The molecule has 0 aliphatic carbocycles. The summed E-state index contributed by atoms with van der Waals surface area (Å²) in [6.07, 6.45) is 0. The van der Waals surface area contributed by atoms with Crippen molar-refractivity contribution in [2.24, 2.45) is 5.73 Å². The molecule has 0 aliphatic rings. The van der Waals surface area contributed by atoms with E-state index in [4.69, 9.17) is 5.73 Å². The lowest BCUT2D eigenvalue weighted by Crippen LogP contribution is -2.31. The molecule has 0 aromatic heterocycles. The molecule has 1 rings (SSSR count). The maximum atomic E-state index is 13.0. The Kier molecular flexibility index (Phi) is 4.01. The van der Waals surface area contributed by atoms with Gasteiger partial charge in [-0.3, -0.25) is 0 Å². The predicted octanol–water partition coefficient (Wildman–Crippen LogP) is 0.713. The summed E-state index contributed by atoms with van der Waals surface area (Å²) < 4.78 is 38.0. The maximum Gasteiger partial charge on any atom is 0.242 e. The first-order valence-electron chi connectivity index (χ1n) is 4.82. The number of halogens is 1. The average Bonchev–Trinajstić information content (AvgIpc) is 2.22. The van der Waals surface area contributed by atoms with Gasteiger partial charge in [-0.2, -0.15) is 4.31 Å². The lowest BCUT2D eigenvalue weighted by Gasteiger charge is -2.16. The van der Waals surface area contributed by atoms with Crippen LogP contribution in [0.1, 0.15) is 5.56 Å². The summed E-state index contributed by atoms with van der Waals surface area (Å²) in [6.45, 7) is 2.01. The Morgan fingerprint density at radius 3 is 2.56 bits per heavy atom. The minimum atomic E-state index is -3.55. The first-order valence-corrected chi connectivity index (χ1v) is 6.26.